The van der Waals surface area contributed by atoms with Crippen molar-refractivity contribution >= 4 is 49.4 Å². The molecule has 1 aromatic carbocycles. The molecule has 0 atom stereocenters. The maximum atomic E-state index is 12.4. The molecule has 20 heavy (non-hydrogen) atoms. The molecule has 0 N–H and O–H groups in total. The number of benzene rings is 1. The first-order valence-corrected chi connectivity index (χ1v) is 7.74. The maximum Gasteiger partial charge on any atom is 0.257 e. The number of carbonyl (C=O) groups excluding carboxylic acids is 1. The Labute approximate surface area is 139 Å². The van der Waals surface area contributed by atoms with Gasteiger partial charge in [0.2, 0.25) is 0 Å². The number of halogens is 3. The van der Waals surface area contributed by atoms with Crippen molar-refractivity contribution in [3.8, 4) is 0 Å². The van der Waals surface area contributed by atoms with Gasteiger partial charge in [0.25, 0.3) is 5.91 Å². The minimum Gasteiger partial charge on any atom is -0.337 e. The van der Waals surface area contributed by atoms with Crippen LogP contribution in [0.2, 0.25) is 5.15 Å². The molecule has 1 aromatic heterocycles. The van der Waals surface area contributed by atoms with Crippen molar-refractivity contribution in [3.63, 3.8) is 0 Å². The summed E-state index contributed by atoms with van der Waals surface area (Å²) in [4.78, 5) is 17.9. The van der Waals surface area contributed by atoms with Crippen LogP contribution in [-0.2, 0) is 6.54 Å². The number of hydrogen-bond donors (Lipinski definition) is 0. The molecular formula is C14H11Br2ClN2O. The highest BCUT2D eigenvalue weighted by molar-refractivity contribution is 9.10. The van der Waals surface area contributed by atoms with E-state index in [-0.39, 0.29) is 11.1 Å². The van der Waals surface area contributed by atoms with E-state index in [0.717, 1.165) is 14.5 Å². The van der Waals surface area contributed by atoms with Crippen LogP contribution in [0.4, 0.5) is 0 Å². The predicted octanol–water partition coefficient (Wildman–Crippen LogP) is 4.53. The third kappa shape index (κ3) is 3.81. The van der Waals surface area contributed by atoms with Gasteiger partial charge in [-0.2, -0.15) is 0 Å². The third-order valence-electron chi connectivity index (χ3n) is 2.72. The maximum absolute atomic E-state index is 12.4. The van der Waals surface area contributed by atoms with E-state index in [9.17, 15) is 4.79 Å². The zero-order chi connectivity index (χ0) is 14.7. The highest BCUT2D eigenvalue weighted by Gasteiger charge is 2.16. The normalized spacial score (nSPS) is 10.4. The molecule has 2 aromatic rings. The lowest BCUT2D eigenvalue weighted by Gasteiger charge is -2.18. The van der Waals surface area contributed by atoms with Crippen LogP contribution >= 0.6 is 43.5 Å². The van der Waals surface area contributed by atoms with Gasteiger partial charge < -0.3 is 4.90 Å². The molecule has 104 valence electrons. The second kappa shape index (κ2) is 6.70. The third-order valence-corrected chi connectivity index (χ3v) is 3.98. The molecule has 0 aliphatic heterocycles. The Morgan fingerprint density at radius 1 is 1.25 bits per heavy atom. The molecule has 6 heteroatoms. The average Bonchev–Trinajstić information content (AvgIpc) is 2.43. The molecule has 0 spiro atoms. The summed E-state index contributed by atoms with van der Waals surface area (Å²) in [6, 6.07) is 9.50. The first kappa shape index (κ1) is 15.5. The summed E-state index contributed by atoms with van der Waals surface area (Å²) in [5.74, 6) is -0.160. The van der Waals surface area contributed by atoms with Gasteiger partial charge in [0.15, 0.2) is 0 Å². The lowest BCUT2D eigenvalue weighted by atomic mass is 10.2. The molecular weight excluding hydrogens is 407 g/mol. The van der Waals surface area contributed by atoms with Crippen molar-refractivity contribution in [2.75, 3.05) is 7.05 Å². The molecule has 0 saturated carbocycles. The molecule has 0 radical (unpaired) electrons. The van der Waals surface area contributed by atoms with Crippen LogP contribution in [0.15, 0.2) is 45.5 Å². The van der Waals surface area contributed by atoms with Gasteiger partial charge >= 0.3 is 0 Å². The SMILES string of the molecule is CN(Cc1ccc(Br)cc1)C(=O)c1cc(Br)cnc1Cl. The molecule has 1 heterocycles. The van der Waals surface area contributed by atoms with E-state index in [0.29, 0.717) is 12.1 Å². The van der Waals surface area contributed by atoms with Gasteiger partial charge in [-0.1, -0.05) is 39.7 Å². The van der Waals surface area contributed by atoms with Gasteiger partial charge in [0.1, 0.15) is 5.15 Å². The van der Waals surface area contributed by atoms with Crippen molar-refractivity contribution in [1.82, 2.24) is 9.88 Å². The quantitative estimate of drug-likeness (QED) is 0.686. The van der Waals surface area contributed by atoms with Crippen molar-refractivity contribution in [3.05, 3.63) is 61.8 Å². The lowest BCUT2D eigenvalue weighted by molar-refractivity contribution is 0.0785. The van der Waals surface area contributed by atoms with E-state index in [2.05, 4.69) is 36.8 Å². The topological polar surface area (TPSA) is 33.2 Å². The summed E-state index contributed by atoms with van der Waals surface area (Å²) in [5.41, 5.74) is 1.43. The second-order valence-electron chi connectivity index (χ2n) is 4.28. The lowest BCUT2D eigenvalue weighted by Crippen LogP contribution is -2.26. The van der Waals surface area contributed by atoms with Crippen LogP contribution in [0, 0.1) is 0 Å². The monoisotopic (exact) mass is 416 g/mol. The number of aromatic nitrogens is 1. The number of pyridine rings is 1. The number of nitrogens with zero attached hydrogens (tertiary/aromatic N) is 2. The number of carbonyl (C=O) groups is 1. The zero-order valence-corrected chi connectivity index (χ0v) is 14.5. The molecule has 3 nitrogen and oxygen atoms in total. The molecule has 0 aliphatic carbocycles. The number of rotatable bonds is 3. The molecule has 0 saturated heterocycles. The van der Waals surface area contributed by atoms with Gasteiger partial charge in [0.05, 0.1) is 5.56 Å². The Kier molecular flexibility index (Phi) is 5.18. The smallest absolute Gasteiger partial charge is 0.257 e. The average molecular weight is 419 g/mol. The van der Waals surface area contributed by atoms with Crippen LogP contribution < -0.4 is 0 Å². The predicted molar refractivity (Wildman–Crippen MR) is 86.9 cm³/mol. The van der Waals surface area contributed by atoms with Crippen molar-refractivity contribution in [2.24, 2.45) is 0 Å². The molecule has 0 unspecified atom stereocenters. The van der Waals surface area contributed by atoms with Crippen molar-refractivity contribution < 1.29 is 4.79 Å². The highest BCUT2D eigenvalue weighted by atomic mass is 79.9. The van der Waals surface area contributed by atoms with Crippen LogP contribution in [-0.4, -0.2) is 22.8 Å². The van der Waals surface area contributed by atoms with Crippen LogP contribution in [0.25, 0.3) is 0 Å². The van der Waals surface area contributed by atoms with E-state index in [1.165, 1.54) is 0 Å². The fraction of sp³-hybridized carbons (Fsp3) is 0.143. The largest absolute Gasteiger partial charge is 0.337 e. The Morgan fingerprint density at radius 2 is 1.90 bits per heavy atom. The summed E-state index contributed by atoms with van der Waals surface area (Å²) in [5, 5.41) is 0.209. The summed E-state index contributed by atoms with van der Waals surface area (Å²) < 4.78 is 1.73. The number of hydrogen-bond acceptors (Lipinski definition) is 2. The Bertz CT molecular complexity index is 632. The van der Waals surface area contributed by atoms with Crippen molar-refractivity contribution in [2.45, 2.75) is 6.54 Å². The Morgan fingerprint density at radius 3 is 2.55 bits per heavy atom. The molecule has 0 fully saturated rings. The fourth-order valence-corrected chi connectivity index (χ4v) is 2.49. The van der Waals surface area contributed by atoms with Gasteiger partial charge in [-0.15, -0.1) is 0 Å². The fourth-order valence-electron chi connectivity index (χ4n) is 1.71. The summed E-state index contributed by atoms with van der Waals surface area (Å²) in [6.45, 7) is 0.509. The first-order chi connectivity index (χ1) is 9.47. The van der Waals surface area contributed by atoms with Gasteiger partial charge in [0, 0.05) is 28.7 Å². The van der Waals surface area contributed by atoms with Gasteiger partial charge in [-0.3, -0.25) is 4.79 Å². The Balaban J connectivity index is 2.16. The minimum atomic E-state index is -0.160. The molecule has 0 aliphatic rings. The number of amides is 1. The second-order valence-corrected chi connectivity index (χ2v) is 6.47. The summed E-state index contributed by atoms with van der Waals surface area (Å²) in [6.07, 6.45) is 1.56. The van der Waals surface area contributed by atoms with E-state index < -0.39 is 0 Å². The van der Waals surface area contributed by atoms with Crippen LogP contribution in [0.1, 0.15) is 15.9 Å². The highest BCUT2D eigenvalue weighted by Crippen LogP contribution is 2.20. The zero-order valence-electron chi connectivity index (χ0n) is 10.6. The van der Waals surface area contributed by atoms with E-state index in [4.69, 9.17) is 11.6 Å². The molecule has 2 rings (SSSR count). The van der Waals surface area contributed by atoms with Gasteiger partial charge in [-0.05, 0) is 39.7 Å². The molecule has 0 bridgehead atoms. The minimum absolute atomic E-state index is 0.160. The van der Waals surface area contributed by atoms with Crippen LogP contribution in [0.5, 0.6) is 0 Å². The van der Waals surface area contributed by atoms with Gasteiger partial charge in [-0.25, -0.2) is 4.98 Å². The van der Waals surface area contributed by atoms with E-state index in [1.807, 2.05) is 24.3 Å². The summed E-state index contributed by atoms with van der Waals surface area (Å²) in [7, 11) is 1.74. The van der Waals surface area contributed by atoms with Crippen LogP contribution in [0.3, 0.4) is 0 Å². The summed E-state index contributed by atoms with van der Waals surface area (Å²) >= 11 is 12.6. The van der Waals surface area contributed by atoms with Crippen molar-refractivity contribution in [1.29, 1.82) is 0 Å². The molecule has 1 amide bonds. The first-order valence-electron chi connectivity index (χ1n) is 5.78. The van der Waals surface area contributed by atoms with E-state index >= 15 is 0 Å². The Hall–Kier alpha value is -0.910. The standard InChI is InChI=1S/C14H11Br2ClN2O/c1-19(8-9-2-4-10(15)5-3-9)14(20)12-6-11(16)7-18-13(12)17/h2-7H,8H2,1H3. The van der Waals surface area contributed by atoms with E-state index in [1.54, 1.807) is 24.2 Å².